The van der Waals surface area contributed by atoms with Gasteiger partial charge in [0.25, 0.3) is 0 Å². The van der Waals surface area contributed by atoms with E-state index in [2.05, 4.69) is 10.2 Å². The Kier molecular flexibility index (Phi) is 2.76. The Morgan fingerprint density at radius 3 is 2.69 bits per heavy atom. The number of rotatable bonds is 3. The summed E-state index contributed by atoms with van der Waals surface area (Å²) in [4.78, 5) is 12.9. The first-order chi connectivity index (χ1) is 7.72. The maximum Gasteiger partial charge on any atom is 0.164 e. The summed E-state index contributed by atoms with van der Waals surface area (Å²) in [5, 5.41) is 7.78. The van der Waals surface area contributed by atoms with Crippen LogP contribution in [-0.2, 0) is 0 Å². The van der Waals surface area contributed by atoms with Gasteiger partial charge in [-0.15, -0.1) is 0 Å². The zero-order valence-electron chi connectivity index (χ0n) is 8.72. The largest absolute Gasteiger partial charge is 0.294 e. The Balaban J connectivity index is 2.57. The summed E-state index contributed by atoms with van der Waals surface area (Å²) in [6.07, 6.45) is 3.32. The highest BCUT2D eigenvalue weighted by Crippen LogP contribution is 2.16. The second-order valence-electron chi connectivity index (χ2n) is 3.26. The minimum atomic E-state index is -0.417. The predicted molar refractivity (Wildman–Crippen MR) is 55.9 cm³/mol. The van der Waals surface area contributed by atoms with Crippen LogP contribution in [0.15, 0.2) is 30.6 Å². The second-order valence-corrected chi connectivity index (χ2v) is 3.26. The molecule has 0 fully saturated rings. The zero-order chi connectivity index (χ0) is 11.5. The van der Waals surface area contributed by atoms with Crippen LogP contribution >= 0.6 is 0 Å². The van der Waals surface area contributed by atoms with E-state index in [1.807, 2.05) is 0 Å². The van der Waals surface area contributed by atoms with E-state index in [0.29, 0.717) is 17.7 Å². The summed E-state index contributed by atoms with van der Waals surface area (Å²) in [6.45, 7) is 1.76. The lowest BCUT2D eigenvalue weighted by molar-refractivity contribution is 0.0988. The second kappa shape index (κ2) is 4.22. The van der Waals surface area contributed by atoms with Crippen molar-refractivity contribution in [2.75, 3.05) is 0 Å². The highest BCUT2D eigenvalue weighted by Gasteiger charge is 2.13. The Hall–Kier alpha value is -2.04. The third kappa shape index (κ3) is 1.84. The van der Waals surface area contributed by atoms with E-state index in [9.17, 15) is 9.18 Å². The van der Waals surface area contributed by atoms with Crippen molar-refractivity contribution in [3.8, 4) is 5.69 Å². The molecule has 1 heterocycles. The Morgan fingerprint density at radius 2 is 2.06 bits per heavy atom. The molecule has 0 aliphatic heterocycles. The minimum absolute atomic E-state index is 0.0627. The molecule has 0 aliphatic carbocycles. The lowest BCUT2D eigenvalue weighted by atomic mass is 10.1. The fourth-order valence-electron chi connectivity index (χ4n) is 1.44. The van der Waals surface area contributed by atoms with Crippen molar-refractivity contribution in [3.63, 3.8) is 0 Å². The van der Waals surface area contributed by atoms with E-state index in [-0.39, 0.29) is 5.78 Å². The van der Waals surface area contributed by atoms with Crippen molar-refractivity contribution in [2.24, 2.45) is 0 Å². The summed E-state index contributed by atoms with van der Waals surface area (Å²) in [7, 11) is 0. The number of hydrogen-bond acceptors (Lipinski definition) is 3. The van der Waals surface area contributed by atoms with Crippen LogP contribution in [0.3, 0.4) is 0 Å². The van der Waals surface area contributed by atoms with Crippen LogP contribution in [0.4, 0.5) is 4.39 Å². The van der Waals surface area contributed by atoms with Crippen molar-refractivity contribution in [1.29, 1.82) is 0 Å². The van der Waals surface area contributed by atoms with Gasteiger partial charge < -0.3 is 0 Å². The van der Waals surface area contributed by atoms with Gasteiger partial charge in [0.1, 0.15) is 5.82 Å². The Bertz CT molecular complexity index is 508. The molecule has 1 aromatic carbocycles. The van der Waals surface area contributed by atoms with Crippen LogP contribution in [0.2, 0.25) is 0 Å². The van der Waals surface area contributed by atoms with Gasteiger partial charge in [-0.3, -0.25) is 4.79 Å². The summed E-state index contributed by atoms with van der Waals surface area (Å²) < 4.78 is 13.1. The molecule has 2 rings (SSSR count). The molecule has 0 aliphatic rings. The Morgan fingerprint density at radius 1 is 1.38 bits per heavy atom. The first-order valence-electron chi connectivity index (χ1n) is 4.92. The number of nitrogens with zero attached hydrogens (tertiary/aromatic N) is 3. The lowest BCUT2D eigenvalue weighted by Gasteiger charge is -2.06. The number of ketones is 1. The SMILES string of the molecule is CCC(=O)c1ccc(F)cc1-n1nccn1. The smallest absolute Gasteiger partial charge is 0.164 e. The quantitative estimate of drug-likeness (QED) is 0.742. The van der Waals surface area contributed by atoms with E-state index in [1.165, 1.54) is 35.4 Å². The average Bonchev–Trinajstić information content (AvgIpc) is 2.81. The van der Waals surface area contributed by atoms with E-state index in [0.717, 1.165) is 0 Å². The summed E-state index contributed by atoms with van der Waals surface area (Å²) in [6, 6.07) is 3.97. The van der Waals surface area contributed by atoms with Crippen LogP contribution in [0, 0.1) is 5.82 Å². The van der Waals surface area contributed by atoms with E-state index < -0.39 is 5.82 Å². The minimum Gasteiger partial charge on any atom is -0.294 e. The standard InChI is InChI=1S/C11H10FN3O/c1-2-11(16)9-4-3-8(12)7-10(9)15-13-5-6-14-15/h3-7H,2H2,1H3. The van der Waals surface area contributed by atoms with Gasteiger partial charge in [-0.25, -0.2) is 4.39 Å². The van der Waals surface area contributed by atoms with Gasteiger partial charge in [0.2, 0.25) is 0 Å². The fraction of sp³-hybridized carbons (Fsp3) is 0.182. The summed E-state index contributed by atoms with van der Waals surface area (Å²) in [5.74, 6) is -0.479. The average molecular weight is 219 g/mol. The molecule has 0 saturated carbocycles. The first-order valence-corrected chi connectivity index (χ1v) is 4.92. The van der Waals surface area contributed by atoms with Crippen molar-refractivity contribution < 1.29 is 9.18 Å². The zero-order valence-corrected chi connectivity index (χ0v) is 8.72. The van der Waals surface area contributed by atoms with Crippen molar-refractivity contribution in [1.82, 2.24) is 15.0 Å². The normalized spacial score (nSPS) is 10.4. The topological polar surface area (TPSA) is 47.8 Å². The van der Waals surface area contributed by atoms with Crippen LogP contribution in [0.5, 0.6) is 0 Å². The molecule has 0 N–H and O–H groups in total. The third-order valence-corrected chi connectivity index (χ3v) is 2.22. The summed E-state index contributed by atoms with van der Waals surface area (Å²) in [5.41, 5.74) is 0.803. The van der Waals surface area contributed by atoms with E-state index in [4.69, 9.17) is 0 Å². The molecule has 0 unspecified atom stereocenters. The molecule has 5 heteroatoms. The van der Waals surface area contributed by atoms with Gasteiger partial charge >= 0.3 is 0 Å². The number of hydrogen-bond donors (Lipinski definition) is 0. The molecule has 0 spiro atoms. The first kappa shape index (κ1) is 10.5. The number of aromatic nitrogens is 3. The van der Waals surface area contributed by atoms with Gasteiger partial charge in [-0.2, -0.15) is 15.0 Å². The van der Waals surface area contributed by atoms with Gasteiger partial charge in [-0.05, 0) is 12.1 Å². The molecule has 0 radical (unpaired) electrons. The number of benzene rings is 1. The fourth-order valence-corrected chi connectivity index (χ4v) is 1.44. The van der Waals surface area contributed by atoms with Crippen LogP contribution < -0.4 is 0 Å². The monoisotopic (exact) mass is 219 g/mol. The molecule has 0 bridgehead atoms. The van der Waals surface area contributed by atoms with Gasteiger partial charge in [0, 0.05) is 18.1 Å². The maximum absolute atomic E-state index is 13.1. The molecule has 4 nitrogen and oxygen atoms in total. The highest BCUT2D eigenvalue weighted by molar-refractivity contribution is 5.99. The Labute approximate surface area is 91.7 Å². The number of carbonyl (C=O) groups is 1. The number of Topliss-reactive ketones (excluding diaryl/α,β-unsaturated/α-hetero) is 1. The third-order valence-electron chi connectivity index (χ3n) is 2.22. The molecule has 16 heavy (non-hydrogen) atoms. The lowest BCUT2D eigenvalue weighted by Crippen LogP contribution is -2.08. The van der Waals surface area contributed by atoms with Crippen LogP contribution in [0.25, 0.3) is 5.69 Å². The molecule has 2 aromatic rings. The van der Waals surface area contributed by atoms with Gasteiger partial charge in [-0.1, -0.05) is 6.92 Å². The maximum atomic E-state index is 13.1. The van der Waals surface area contributed by atoms with Crippen LogP contribution in [-0.4, -0.2) is 20.8 Å². The van der Waals surface area contributed by atoms with Gasteiger partial charge in [0.05, 0.1) is 18.1 Å². The number of carbonyl (C=O) groups excluding carboxylic acids is 1. The van der Waals surface area contributed by atoms with Crippen LogP contribution in [0.1, 0.15) is 23.7 Å². The molecule has 0 saturated heterocycles. The van der Waals surface area contributed by atoms with Crippen molar-refractivity contribution in [2.45, 2.75) is 13.3 Å². The van der Waals surface area contributed by atoms with E-state index in [1.54, 1.807) is 6.92 Å². The molecule has 0 amide bonds. The predicted octanol–water partition coefficient (Wildman–Crippen LogP) is 2.00. The number of halogens is 1. The molecule has 82 valence electrons. The van der Waals surface area contributed by atoms with E-state index >= 15 is 0 Å². The summed E-state index contributed by atoms with van der Waals surface area (Å²) >= 11 is 0. The highest BCUT2D eigenvalue weighted by atomic mass is 19.1. The van der Waals surface area contributed by atoms with Crippen molar-refractivity contribution in [3.05, 3.63) is 42.0 Å². The molecule has 0 atom stereocenters. The molecular weight excluding hydrogens is 209 g/mol. The molecular formula is C11H10FN3O. The molecule has 1 aromatic heterocycles. The van der Waals surface area contributed by atoms with Gasteiger partial charge in [0.15, 0.2) is 5.78 Å². The van der Waals surface area contributed by atoms with Crippen molar-refractivity contribution >= 4 is 5.78 Å².